The molecule has 19 heavy (non-hydrogen) atoms. The summed E-state index contributed by atoms with van der Waals surface area (Å²) < 4.78 is 0. The van der Waals surface area contributed by atoms with Gasteiger partial charge in [0.15, 0.2) is 5.16 Å². The van der Waals surface area contributed by atoms with Crippen molar-refractivity contribution < 1.29 is 4.79 Å². The van der Waals surface area contributed by atoms with Crippen molar-refractivity contribution in [1.29, 1.82) is 0 Å². The van der Waals surface area contributed by atoms with Gasteiger partial charge in [0.1, 0.15) is 4.83 Å². The molecular weight excluding hydrogens is 282 g/mol. The first-order valence-electron chi connectivity index (χ1n) is 6.11. The highest BCUT2D eigenvalue weighted by atomic mass is 32.2. The number of carbonyl (C=O) groups excluding carboxylic acids is 1. The number of primary amides is 1. The molecular formula is C12H13N3O2S2. The number of aryl methyl sites for hydroxylation is 2. The number of H-pyrrole nitrogens is 1. The highest BCUT2D eigenvalue weighted by molar-refractivity contribution is 7.99. The van der Waals surface area contributed by atoms with Crippen LogP contribution in [0.3, 0.4) is 0 Å². The summed E-state index contributed by atoms with van der Waals surface area (Å²) in [5.74, 6) is -0.294. The molecule has 0 spiro atoms. The fourth-order valence-electron chi connectivity index (χ4n) is 2.35. The van der Waals surface area contributed by atoms with Crippen molar-refractivity contribution >= 4 is 39.2 Å². The van der Waals surface area contributed by atoms with E-state index in [9.17, 15) is 9.59 Å². The van der Waals surface area contributed by atoms with Crippen LogP contribution >= 0.6 is 23.1 Å². The summed E-state index contributed by atoms with van der Waals surface area (Å²) in [7, 11) is 0. The fraction of sp³-hybridized carbons (Fsp3) is 0.417. The number of fused-ring (bicyclic) bond motifs is 3. The quantitative estimate of drug-likeness (QED) is 0.662. The fourth-order valence-corrected chi connectivity index (χ4v) is 4.27. The van der Waals surface area contributed by atoms with Crippen LogP contribution in [0.2, 0.25) is 0 Å². The van der Waals surface area contributed by atoms with Crippen LogP contribution < -0.4 is 11.3 Å². The highest BCUT2D eigenvalue weighted by Gasteiger charge is 2.19. The van der Waals surface area contributed by atoms with Crippen LogP contribution in [-0.2, 0) is 17.6 Å². The largest absolute Gasteiger partial charge is 0.369 e. The minimum absolute atomic E-state index is 0.101. The molecule has 0 aliphatic heterocycles. The van der Waals surface area contributed by atoms with Crippen LogP contribution in [-0.4, -0.2) is 21.6 Å². The van der Waals surface area contributed by atoms with Gasteiger partial charge >= 0.3 is 0 Å². The average Bonchev–Trinajstić information content (AvgIpc) is 2.74. The first kappa shape index (κ1) is 12.7. The molecule has 1 amide bonds. The molecule has 3 rings (SSSR count). The third-order valence-electron chi connectivity index (χ3n) is 3.15. The summed E-state index contributed by atoms with van der Waals surface area (Å²) in [6.45, 7) is 0. The molecule has 0 saturated heterocycles. The molecule has 2 aromatic rings. The summed E-state index contributed by atoms with van der Waals surface area (Å²) >= 11 is 2.77. The lowest BCUT2D eigenvalue weighted by Gasteiger charge is -2.09. The standard InChI is InChI=1S/C12H13N3O2S2/c13-8(16)5-18-12-14-10(17)9-6-3-1-2-4-7(6)19-11(9)15-12/h1-5H2,(H2,13,16)(H,14,15,17). The van der Waals surface area contributed by atoms with E-state index >= 15 is 0 Å². The van der Waals surface area contributed by atoms with Gasteiger partial charge in [0.25, 0.3) is 5.56 Å². The summed E-state index contributed by atoms with van der Waals surface area (Å²) in [5.41, 5.74) is 6.17. The molecule has 7 heteroatoms. The second kappa shape index (κ2) is 4.97. The molecule has 2 aromatic heterocycles. The summed E-state index contributed by atoms with van der Waals surface area (Å²) in [5, 5.41) is 1.21. The maximum Gasteiger partial charge on any atom is 0.260 e. The van der Waals surface area contributed by atoms with Crippen molar-refractivity contribution in [3.63, 3.8) is 0 Å². The minimum atomic E-state index is -0.418. The van der Waals surface area contributed by atoms with Gasteiger partial charge in [-0.2, -0.15) is 0 Å². The number of rotatable bonds is 3. The Morgan fingerprint density at radius 2 is 2.21 bits per heavy atom. The third-order valence-corrected chi connectivity index (χ3v) is 5.24. The Kier molecular flexibility index (Phi) is 3.32. The van der Waals surface area contributed by atoms with Gasteiger partial charge in [0.05, 0.1) is 11.1 Å². The molecule has 100 valence electrons. The summed E-state index contributed by atoms with van der Waals surface area (Å²) in [4.78, 5) is 32.2. The van der Waals surface area contributed by atoms with E-state index in [0.717, 1.165) is 29.5 Å². The van der Waals surface area contributed by atoms with E-state index < -0.39 is 5.91 Å². The number of nitrogens with two attached hydrogens (primary N) is 1. The number of nitrogens with one attached hydrogen (secondary N) is 1. The number of aromatic nitrogens is 2. The second-order valence-electron chi connectivity index (χ2n) is 4.52. The number of hydrogen-bond acceptors (Lipinski definition) is 5. The van der Waals surface area contributed by atoms with Crippen LogP contribution in [0.25, 0.3) is 10.2 Å². The van der Waals surface area contributed by atoms with Crippen molar-refractivity contribution in [3.8, 4) is 0 Å². The SMILES string of the molecule is NC(=O)CSc1nc2sc3c(c2c(=O)[nH]1)CCCC3. The van der Waals surface area contributed by atoms with Crippen molar-refractivity contribution in [1.82, 2.24) is 9.97 Å². The average molecular weight is 295 g/mol. The molecule has 0 atom stereocenters. The first-order chi connectivity index (χ1) is 9.15. The molecule has 5 nitrogen and oxygen atoms in total. The topological polar surface area (TPSA) is 88.8 Å². The molecule has 0 radical (unpaired) electrons. The van der Waals surface area contributed by atoms with E-state index in [-0.39, 0.29) is 11.3 Å². The second-order valence-corrected chi connectivity index (χ2v) is 6.56. The van der Waals surface area contributed by atoms with E-state index in [1.54, 1.807) is 11.3 Å². The number of nitrogens with zero attached hydrogens (tertiary/aromatic N) is 1. The zero-order chi connectivity index (χ0) is 13.4. The molecule has 0 saturated carbocycles. The summed E-state index contributed by atoms with van der Waals surface area (Å²) in [6, 6.07) is 0. The Balaban J connectivity index is 2.06. The Bertz CT molecular complexity index is 705. The molecule has 0 bridgehead atoms. The van der Waals surface area contributed by atoms with Crippen LogP contribution in [0.1, 0.15) is 23.3 Å². The maximum atomic E-state index is 12.2. The number of carbonyl (C=O) groups is 1. The number of hydrogen-bond donors (Lipinski definition) is 2. The van der Waals surface area contributed by atoms with Gasteiger partial charge in [0, 0.05) is 4.88 Å². The zero-order valence-electron chi connectivity index (χ0n) is 10.2. The first-order valence-corrected chi connectivity index (χ1v) is 7.91. The van der Waals surface area contributed by atoms with Gasteiger partial charge in [-0.1, -0.05) is 11.8 Å². The van der Waals surface area contributed by atoms with E-state index in [2.05, 4.69) is 9.97 Å². The third kappa shape index (κ3) is 2.40. The maximum absolute atomic E-state index is 12.2. The molecule has 0 fully saturated rings. The van der Waals surface area contributed by atoms with Gasteiger partial charge in [-0.15, -0.1) is 11.3 Å². The molecule has 3 N–H and O–H groups in total. The van der Waals surface area contributed by atoms with E-state index in [1.807, 2.05) is 0 Å². The molecule has 1 aliphatic carbocycles. The molecule has 0 unspecified atom stereocenters. The normalized spacial score (nSPS) is 14.5. The highest BCUT2D eigenvalue weighted by Crippen LogP contribution is 2.34. The zero-order valence-corrected chi connectivity index (χ0v) is 11.8. The number of thiophene rings is 1. The van der Waals surface area contributed by atoms with Crippen LogP contribution in [0.5, 0.6) is 0 Å². The Hall–Kier alpha value is -1.34. The Morgan fingerprint density at radius 3 is 3.00 bits per heavy atom. The van der Waals surface area contributed by atoms with Crippen molar-refractivity contribution in [2.75, 3.05) is 5.75 Å². The van der Waals surface area contributed by atoms with Gasteiger partial charge < -0.3 is 10.7 Å². The predicted octanol–water partition coefficient (Wildman–Crippen LogP) is 1.44. The number of amides is 1. The van der Waals surface area contributed by atoms with E-state index in [0.29, 0.717) is 5.16 Å². The van der Waals surface area contributed by atoms with Gasteiger partial charge in [-0.3, -0.25) is 9.59 Å². The number of aromatic amines is 1. The monoisotopic (exact) mass is 295 g/mol. The molecule has 1 aliphatic rings. The van der Waals surface area contributed by atoms with Crippen LogP contribution in [0, 0.1) is 0 Å². The van der Waals surface area contributed by atoms with Crippen molar-refractivity contribution in [3.05, 3.63) is 20.8 Å². The van der Waals surface area contributed by atoms with Crippen molar-refractivity contribution in [2.24, 2.45) is 5.73 Å². The molecule has 0 aromatic carbocycles. The van der Waals surface area contributed by atoms with E-state index in [1.165, 1.54) is 28.6 Å². The van der Waals surface area contributed by atoms with Crippen LogP contribution in [0.4, 0.5) is 0 Å². The van der Waals surface area contributed by atoms with Gasteiger partial charge in [-0.25, -0.2) is 4.98 Å². The number of thioether (sulfide) groups is 1. The predicted molar refractivity (Wildman–Crippen MR) is 76.8 cm³/mol. The molecule has 2 heterocycles. The smallest absolute Gasteiger partial charge is 0.260 e. The van der Waals surface area contributed by atoms with Crippen LogP contribution in [0.15, 0.2) is 9.95 Å². The van der Waals surface area contributed by atoms with E-state index in [4.69, 9.17) is 5.73 Å². The van der Waals surface area contributed by atoms with Crippen molar-refractivity contribution in [2.45, 2.75) is 30.8 Å². The lowest BCUT2D eigenvalue weighted by molar-refractivity contribution is -0.115. The minimum Gasteiger partial charge on any atom is -0.369 e. The Labute approximate surface area is 117 Å². The Morgan fingerprint density at radius 1 is 1.42 bits per heavy atom. The van der Waals surface area contributed by atoms with Gasteiger partial charge in [-0.05, 0) is 31.2 Å². The van der Waals surface area contributed by atoms with Gasteiger partial charge in [0.2, 0.25) is 5.91 Å². The lowest BCUT2D eigenvalue weighted by Crippen LogP contribution is -2.15. The lowest BCUT2D eigenvalue weighted by atomic mass is 9.97. The summed E-state index contributed by atoms with van der Waals surface area (Å²) in [6.07, 6.45) is 4.32.